The maximum Gasteiger partial charge on any atom is 0.407 e. The molecule has 0 fully saturated rings. The number of rotatable bonds is 29. The van der Waals surface area contributed by atoms with Crippen molar-refractivity contribution in [3.05, 3.63) is 110 Å². The molecular weight excluding hydrogens is 1340 g/mol. The van der Waals surface area contributed by atoms with Gasteiger partial charge in [0.2, 0.25) is 29.6 Å². The fourth-order valence-corrected chi connectivity index (χ4v) is 16.0. The molecule has 2 aliphatic heterocycles. The maximum absolute atomic E-state index is 14.7. The highest BCUT2D eigenvalue weighted by atomic mass is 32.2. The van der Waals surface area contributed by atoms with Crippen LogP contribution in [0, 0.1) is 47.5 Å². The number of sulfonamides is 2. The van der Waals surface area contributed by atoms with Gasteiger partial charge in [-0.15, -0.1) is 0 Å². The number of hydrogen-bond donors (Lipinski definition) is 9. The molecule has 5 amide bonds. The maximum atomic E-state index is 14.7. The summed E-state index contributed by atoms with van der Waals surface area (Å²) < 4.78 is 84.6. The normalized spacial score (nSPS) is 16.0. The molecule has 0 saturated heterocycles. The lowest BCUT2D eigenvalue weighted by atomic mass is 9.88. The number of carbonyl (C=O) groups excluding carboxylic acids is 6. The van der Waals surface area contributed by atoms with Crippen molar-refractivity contribution in [2.45, 2.75) is 231 Å². The molecule has 0 saturated carbocycles. The van der Waals surface area contributed by atoms with Crippen molar-refractivity contribution in [2.24, 2.45) is 27.4 Å². The molecule has 550 valence electrons. The first-order valence-electron chi connectivity index (χ1n) is 34.3. The molecule has 0 radical (unpaired) electrons. The third-order valence-electron chi connectivity index (χ3n) is 18.5. The number of nitrogens with zero attached hydrogens (tertiary/aromatic N) is 4. The van der Waals surface area contributed by atoms with E-state index in [2.05, 4.69) is 50.8 Å². The Morgan fingerprint density at radius 1 is 0.624 bits per heavy atom. The second kappa shape index (κ2) is 33.1. The summed E-state index contributed by atoms with van der Waals surface area (Å²) in [4.78, 5) is 95.4. The van der Waals surface area contributed by atoms with E-state index in [1.807, 2.05) is 83.1 Å². The SMILES string of the molecule is Cc1c(C)c(S(=O)(=O)NC(N)=NCCC[C@H](NC(=O)[C@H](CCCCNC(=O)OC(C)(C)C)NC(=O)[C@@H](NC(=O)[C@@H](CCCN=C(N)NS(=O)(=O)c2c(C)c(C)c3c(c2C)CCC(C)(C)O3)NC(=O)OCC2c3ccccc3-c3ccccc32)C(C)C)C(=O)C=[N+]=[N-])c(C)c2c1OC(C)(C)CC2. The predicted octanol–water partition coefficient (Wildman–Crippen LogP) is 7.77. The van der Waals surface area contributed by atoms with E-state index in [0.717, 1.165) is 33.4 Å². The first kappa shape index (κ1) is 79.2. The Morgan fingerprint density at radius 3 is 1.54 bits per heavy atom. The number of alkyl carbamates (subject to hydrolysis) is 2. The fourth-order valence-electron chi connectivity index (χ4n) is 13.0. The number of unbranched alkanes of at least 4 members (excludes halogenated alkanes) is 1. The number of aliphatic imine (C=N–C) groups is 2. The van der Waals surface area contributed by atoms with Crippen LogP contribution in [0.1, 0.15) is 182 Å². The molecule has 11 N–H and O–H groups in total. The van der Waals surface area contributed by atoms with Gasteiger partial charge in [-0.1, -0.05) is 62.4 Å². The molecule has 3 aliphatic rings. The van der Waals surface area contributed by atoms with E-state index >= 15 is 0 Å². The zero-order valence-corrected chi connectivity index (χ0v) is 62.4. The largest absolute Gasteiger partial charge is 0.487 e. The minimum atomic E-state index is -4.28. The van der Waals surface area contributed by atoms with Gasteiger partial charge in [0.05, 0.1) is 15.8 Å². The van der Waals surface area contributed by atoms with Gasteiger partial charge in [0.15, 0.2) is 0 Å². The number of nitrogens with one attached hydrogen (secondary N) is 7. The zero-order valence-electron chi connectivity index (χ0n) is 60.7. The Balaban J connectivity index is 1.07. The van der Waals surface area contributed by atoms with Crippen LogP contribution in [0.25, 0.3) is 16.7 Å². The molecule has 0 spiro atoms. The Bertz CT molecular complexity index is 4110. The molecule has 0 bridgehead atoms. The van der Waals surface area contributed by atoms with Crippen LogP contribution in [-0.2, 0) is 61.5 Å². The average molecular weight is 1440 g/mol. The quantitative estimate of drug-likeness (QED) is 0.00823. The van der Waals surface area contributed by atoms with E-state index in [0.29, 0.717) is 76.8 Å². The summed E-state index contributed by atoms with van der Waals surface area (Å²) in [6.07, 6.45) is 1.77. The summed E-state index contributed by atoms with van der Waals surface area (Å²) in [5, 5.41) is 13.5. The second-order valence-electron chi connectivity index (χ2n) is 28.7. The van der Waals surface area contributed by atoms with Crippen LogP contribution in [0.15, 0.2) is 68.3 Å². The van der Waals surface area contributed by atoms with Crippen LogP contribution in [-0.4, -0.2) is 143 Å². The second-order valence-corrected chi connectivity index (χ2v) is 32.0. The topological polar surface area (TPSA) is 405 Å². The van der Waals surface area contributed by atoms with Gasteiger partial charge in [-0.3, -0.25) is 29.2 Å². The van der Waals surface area contributed by atoms with Crippen molar-refractivity contribution < 1.29 is 69.3 Å². The molecule has 27 nitrogen and oxygen atoms in total. The summed E-state index contributed by atoms with van der Waals surface area (Å²) in [6.45, 7) is 26.6. The minimum Gasteiger partial charge on any atom is -0.487 e. The standard InChI is InChI=1S/C72H101N13O14S2/c1-40(2)58(65(89)81-55(28-20-21-35-78-68(90)99-70(9,10)11)63(87)80-54(57(86)38-79-75)29-22-36-76-66(73)84-100(92,93)61-43(5)41(3)59-47(45(61)7)31-33-71(12,13)97-59)83-64(88)56(82-69(91)96-39-53-51-26-18-16-24-49(51)50-25-17-19-27-52(50)53)30-23-37-77-67(74)85-101(94,95)62-44(6)42(4)60-48(46(62)8)32-34-72(14,15)98-60/h16-19,24-27,38,40,53-56,58H,20-23,28-37,39H2,1-15H3,(H,78,90)(H,80,87)(H,81,89)(H,82,91)(H,83,88)(H3,73,76,84)(H3,74,77,85)/t54-,55-,56+,58-/m0/s1. The lowest BCUT2D eigenvalue weighted by Crippen LogP contribution is -2.59. The Morgan fingerprint density at radius 2 is 1.07 bits per heavy atom. The van der Waals surface area contributed by atoms with E-state index in [1.54, 1.807) is 69.2 Å². The highest BCUT2D eigenvalue weighted by molar-refractivity contribution is 7.90. The molecule has 1 aliphatic carbocycles. The smallest absolute Gasteiger partial charge is 0.407 e. The Labute approximate surface area is 593 Å². The number of fused-ring (bicyclic) bond motifs is 5. The van der Waals surface area contributed by atoms with Gasteiger partial charge in [-0.05, 0) is 233 Å². The first-order valence-corrected chi connectivity index (χ1v) is 37.2. The van der Waals surface area contributed by atoms with Gasteiger partial charge < -0.3 is 62.5 Å². The number of amides is 5. The third kappa shape index (κ3) is 20.4. The Hall–Kier alpha value is -9.08. The first-order chi connectivity index (χ1) is 47.3. The van der Waals surface area contributed by atoms with Crippen molar-refractivity contribution in [3.63, 3.8) is 0 Å². The van der Waals surface area contributed by atoms with Crippen molar-refractivity contribution >= 4 is 73.9 Å². The van der Waals surface area contributed by atoms with Crippen LogP contribution in [0.2, 0.25) is 0 Å². The highest BCUT2D eigenvalue weighted by Crippen LogP contribution is 2.46. The van der Waals surface area contributed by atoms with Crippen LogP contribution in [0.3, 0.4) is 0 Å². The van der Waals surface area contributed by atoms with Crippen molar-refractivity contribution in [1.82, 2.24) is 36.0 Å². The third-order valence-corrected chi connectivity index (χ3v) is 21.7. The molecular formula is C72H101N13O14S2. The summed E-state index contributed by atoms with van der Waals surface area (Å²) in [5.74, 6) is -3.89. The summed E-state index contributed by atoms with van der Waals surface area (Å²) in [5.41, 5.74) is 29.1. The average Bonchev–Trinajstić information content (AvgIpc) is 1.69. The molecule has 2 heterocycles. The number of nitrogens with two attached hydrogens (primary N) is 2. The number of benzene rings is 4. The lowest BCUT2D eigenvalue weighted by molar-refractivity contribution is -0.134. The molecule has 0 unspecified atom stereocenters. The fraction of sp³-hybridized carbons (Fsp3) is 0.542. The van der Waals surface area contributed by atoms with Crippen molar-refractivity contribution in [2.75, 3.05) is 26.2 Å². The summed E-state index contributed by atoms with van der Waals surface area (Å²) in [6, 6.07) is 9.98. The van der Waals surface area contributed by atoms with E-state index in [-0.39, 0.29) is 86.9 Å². The van der Waals surface area contributed by atoms with E-state index in [9.17, 15) is 51.1 Å². The Kier molecular flexibility index (Phi) is 26.0. The molecule has 4 atom stereocenters. The van der Waals surface area contributed by atoms with Crippen LogP contribution in [0.4, 0.5) is 9.59 Å². The van der Waals surface area contributed by atoms with Crippen LogP contribution >= 0.6 is 0 Å². The predicted molar refractivity (Wildman–Crippen MR) is 385 cm³/mol. The van der Waals surface area contributed by atoms with Gasteiger partial charge in [0, 0.05) is 25.6 Å². The molecule has 101 heavy (non-hydrogen) atoms. The van der Waals surface area contributed by atoms with Gasteiger partial charge in [-0.25, -0.2) is 35.9 Å². The number of hydrogen-bond acceptors (Lipinski definition) is 16. The van der Waals surface area contributed by atoms with E-state index < -0.39 is 115 Å². The number of ketones is 1. The van der Waals surface area contributed by atoms with Gasteiger partial charge in [0.25, 0.3) is 25.8 Å². The number of guanidine groups is 2. The summed E-state index contributed by atoms with van der Waals surface area (Å²) in [7, 11) is -8.54. The molecule has 29 heteroatoms. The van der Waals surface area contributed by atoms with Gasteiger partial charge in [-0.2, -0.15) is 4.79 Å². The van der Waals surface area contributed by atoms with E-state index in [1.165, 1.54) is 0 Å². The lowest BCUT2D eigenvalue weighted by Gasteiger charge is -2.35. The summed E-state index contributed by atoms with van der Waals surface area (Å²) >= 11 is 0. The monoisotopic (exact) mass is 1440 g/mol. The van der Waals surface area contributed by atoms with E-state index in [4.69, 9.17) is 30.4 Å². The molecule has 7 rings (SSSR count). The van der Waals surface area contributed by atoms with Crippen LogP contribution in [0.5, 0.6) is 11.5 Å². The highest BCUT2D eigenvalue weighted by Gasteiger charge is 2.38. The zero-order chi connectivity index (χ0) is 74.7. The molecule has 0 aromatic heterocycles. The number of ether oxygens (including phenoxy) is 4. The number of Topliss-reactive ketones (excluding diaryl/α,β-unsaturated/α-hetero) is 1. The molecule has 4 aromatic carbocycles. The van der Waals surface area contributed by atoms with Gasteiger partial charge in [0.1, 0.15) is 53.0 Å². The molecule has 4 aromatic rings. The van der Waals surface area contributed by atoms with Crippen LogP contribution < -0.4 is 57.0 Å². The number of carbonyl (C=O) groups is 6. The minimum absolute atomic E-state index is 0.0320. The van der Waals surface area contributed by atoms with Crippen molar-refractivity contribution in [1.29, 1.82) is 0 Å². The van der Waals surface area contributed by atoms with Crippen molar-refractivity contribution in [3.8, 4) is 22.6 Å². The van der Waals surface area contributed by atoms with Gasteiger partial charge >= 0.3 is 18.4 Å².